The van der Waals surface area contributed by atoms with E-state index in [0.29, 0.717) is 13.0 Å². The van der Waals surface area contributed by atoms with Crippen molar-refractivity contribution in [2.24, 2.45) is 0 Å². The topological polar surface area (TPSA) is 75.5 Å². The Hall–Kier alpha value is -2.73. The first kappa shape index (κ1) is 17.6. The van der Waals surface area contributed by atoms with E-state index in [1.165, 1.54) is 6.07 Å². The minimum Gasteiger partial charge on any atom is -0.326 e. The predicted molar refractivity (Wildman–Crippen MR) is 93.8 cm³/mol. The van der Waals surface area contributed by atoms with Gasteiger partial charge in [-0.3, -0.25) is 19.8 Å². The Balaban J connectivity index is 1.89. The molecule has 126 valence electrons. The number of amides is 1. The number of benzene rings is 2. The molecule has 0 fully saturated rings. The van der Waals surface area contributed by atoms with Crippen LogP contribution in [0.5, 0.6) is 0 Å². The van der Waals surface area contributed by atoms with Crippen LogP contribution in [0.3, 0.4) is 0 Å². The molecule has 1 N–H and O–H groups in total. The molecule has 0 heterocycles. The first-order chi connectivity index (χ1) is 11.5. The molecule has 0 saturated heterocycles. The Morgan fingerprint density at radius 3 is 2.58 bits per heavy atom. The third-order valence-electron chi connectivity index (χ3n) is 3.97. The number of rotatable bonds is 7. The highest BCUT2D eigenvalue weighted by Gasteiger charge is 2.15. The molecule has 0 saturated carbocycles. The smallest absolute Gasteiger partial charge is 0.269 e. The van der Waals surface area contributed by atoms with Crippen LogP contribution < -0.4 is 5.32 Å². The van der Waals surface area contributed by atoms with Gasteiger partial charge >= 0.3 is 0 Å². The van der Waals surface area contributed by atoms with Crippen LogP contribution in [0.4, 0.5) is 11.4 Å². The number of para-hydroxylation sites is 1. The molecule has 0 radical (unpaired) electrons. The molecule has 0 spiro atoms. The molecular formula is C18H21N3O3. The van der Waals surface area contributed by atoms with E-state index in [2.05, 4.69) is 5.32 Å². The maximum absolute atomic E-state index is 12.0. The van der Waals surface area contributed by atoms with Crippen molar-refractivity contribution in [2.75, 3.05) is 18.9 Å². The van der Waals surface area contributed by atoms with Crippen LogP contribution >= 0.6 is 0 Å². The molecular weight excluding hydrogens is 306 g/mol. The van der Waals surface area contributed by atoms with Crippen molar-refractivity contribution < 1.29 is 9.72 Å². The lowest BCUT2D eigenvalue weighted by molar-refractivity contribution is -0.384. The summed E-state index contributed by atoms with van der Waals surface area (Å²) in [6.07, 6.45) is 0.352. The maximum Gasteiger partial charge on any atom is 0.269 e. The van der Waals surface area contributed by atoms with Crippen molar-refractivity contribution in [3.63, 3.8) is 0 Å². The number of nitro benzene ring substituents is 1. The molecule has 2 rings (SSSR count). The number of carbonyl (C=O) groups excluding carboxylic acids is 1. The number of non-ortho nitro benzene ring substituents is 1. The molecule has 1 amide bonds. The molecule has 0 aliphatic carbocycles. The molecule has 0 aliphatic heterocycles. The van der Waals surface area contributed by atoms with E-state index in [-0.39, 0.29) is 17.6 Å². The molecule has 24 heavy (non-hydrogen) atoms. The first-order valence-corrected chi connectivity index (χ1v) is 7.77. The molecule has 2 aromatic rings. The third-order valence-corrected chi connectivity index (χ3v) is 3.97. The first-order valence-electron chi connectivity index (χ1n) is 7.77. The molecule has 1 atom stereocenters. The Morgan fingerprint density at radius 1 is 1.21 bits per heavy atom. The fraction of sp³-hybridized carbons (Fsp3) is 0.278. The quantitative estimate of drug-likeness (QED) is 0.622. The highest BCUT2D eigenvalue weighted by Crippen LogP contribution is 2.23. The lowest BCUT2D eigenvalue weighted by atomic mass is 10.1. The van der Waals surface area contributed by atoms with Crippen molar-refractivity contribution in [3.8, 4) is 0 Å². The number of hydrogen-bond donors (Lipinski definition) is 1. The van der Waals surface area contributed by atoms with Gasteiger partial charge in [-0.2, -0.15) is 0 Å². The molecule has 0 aliphatic rings. The summed E-state index contributed by atoms with van der Waals surface area (Å²) in [7, 11) is 1.90. The van der Waals surface area contributed by atoms with E-state index >= 15 is 0 Å². The van der Waals surface area contributed by atoms with Crippen LogP contribution in [0.1, 0.15) is 24.9 Å². The fourth-order valence-corrected chi connectivity index (χ4v) is 2.37. The van der Waals surface area contributed by atoms with Gasteiger partial charge in [0.05, 0.1) is 4.92 Å². The van der Waals surface area contributed by atoms with Gasteiger partial charge < -0.3 is 5.32 Å². The Kier molecular flexibility index (Phi) is 6.03. The average molecular weight is 327 g/mol. The van der Waals surface area contributed by atoms with Gasteiger partial charge in [-0.25, -0.2) is 0 Å². The lowest BCUT2D eigenvalue weighted by Gasteiger charge is -2.24. The van der Waals surface area contributed by atoms with Crippen molar-refractivity contribution in [2.45, 2.75) is 19.4 Å². The summed E-state index contributed by atoms with van der Waals surface area (Å²) in [5, 5.41) is 13.7. The third kappa shape index (κ3) is 4.89. The summed E-state index contributed by atoms with van der Waals surface area (Å²) in [5.41, 5.74) is 1.71. The van der Waals surface area contributed by atoms with Gasteiger partial charge in [-0.1, -0.05) is 30.3 Å². The second kappa shape index (κ2) is 8.21. The molecule has 2 aromatic carbocycles. The van der Waals surface area contributed by atoms with E-state index < -0.39 is 4.92 Å². The highest BCUT2D eigenvalue weighted by atomic mass is 16.6. The standard InChI is InChI=1S/C18H21N3O3/c1-14(15-7-6-10-17(13-15)21(23)24)20(2)12-11-18(22)19-16-8-4-3-5-9-16/h3-10,13-14H,11-12H2,1-2H3,(H,19,22)/t14-/m1/s1. The Bertz CT molecular complexity index is 704. The average Bonchev–Trinajstić information content (AvgIpc) is 2.60. The SMILES string of the molecule is C[C@H](c1cccc([N+](=O)[O-])c1)N(C)CCC(=O)Nc1ccccc1. The van der Waals surface area contributed by atoms with E-state index in [4.69, 9.17) is 0 Å². The number of nitrogens with zero attached hydrogens (tertiary/aromatic N) is 2. The van der Waals surface area contributed by atoms with Crippen LogP contribution in [-0.2, 0) is 4.79 Å². The minimum absolute atomic E-state index is 0.0191. The summed E-state index contributed by atoms with van der Waals surface area (Å²) in [6, 6.07) is 15.9. The lowest BCUT2D eigenvalue weighted by Crippen LogP contribution is -2.27. The van der Waals surface area contributed by atoms with Crippen molar-refractivity contribution >= 4 is 17.3 Å². The van der Waals surface area contributed by atoms with Crippen LogP contribution in [0.15, 0.2) is 54.6 Å². The summed E-state index contributed by atoms with van der Waals surface area (Å²) in [4.78, 5) is 24.5. The van der Waals surface area contributed by atoms with Crippen molar-refractivity contribution in [3.05, 3.63) is 70.3 Å². The van der Waals surface area contributed by atoms with E-state index in [9.17, 15) is 14.9 Å². The van der Waals surface area contributed by atoms with Gasteiger partial charge in [0, 0.05) is 36.8 Å². The number of anilines is 1. The zero-order valence-electron chi connectivity index (χ0n) is 13.8. The van der Waals surface area contributed by atoms with E-state index in [0.717, 1.165) is 11.3 Å². The fourth-order valence-electron chi connectivity index (χ4n) is 2.37. The second-order valence-electron chi connectivity index (χ2n) is 5.67. The van der Waals surface area contributed by atoms with Gasteiger partial charge in [0.2, 0.25) is 5.91 Å². The van der Waals surface area contributed by atoms with Crippen molar-refractivity contribution in [1.29, 1.82) is 0 Å². The summed E-state index contributed by atoms with van der Waals surface area (Å²) >= 11 is 0. The molecule has 6 heteroatoms. The minimum atomic E-state index is -0.399. The Morgan fingerprint density at radius 2 is 1.92 bits per heavy atom. The monoisotopic (exact) mass is 327 g/mol. The molecule has 0 unspecified atom stereocenters. The molecule has 0 bridgehead atoms. The number of carbonyl (C=O) groups is 1. The van der Waals surface area contributed by atoms with Crippen LogP contribution in [0, 0.1) is 10.1 Å². The highest BCUT2D eigenvalue weighted by molar-refractivity contribution is 5.90. The van der Waals surface area contributed by atoms with Crippen LogP contribution in [0.25, 0.3) is 0 Å². The van der Waals surface area contributed by atoms with Gasteiger partial charge in [-0.05, 0) is 31.7 Å². The van der Waals surface area contributed by atoms with E-state index in [1.807, 2.05) is 55.3 Å². The maximum atomic E-state index is 12.0. The zero-order chi connectivity index (χ0) is 17.5. The Labute approximate surface area is 141 Å². The van der Waals surface area contributed by atoms with Crippen LogP contribution in [0.2, 0.25) is 0 Å². The summed E-state index contributed by atoms with van der Waals surface area (Å²) in [6.45, 7) is 2.52. The van der Waals surface area contributed by atoms with Crippen LogP contribution in [-0.4, -0.2) is 29.3 Å². The van der Waals surface area contributed by atoms with Crippen molar-refractivity contribution in [1.82, 2.24) is 4.90 Å². The normalized spacial score (nSPS) is 12.0. The molecule has 6 nitrogen and oxygen atoms in total. The zero-order valence-corrected chi connectivity index (χ0v) is 13.8. The second-order valence-corrected chi connectivity index (χ2v) is 5.67. The summed E-state index contributed by atoms with van der Waals surface area (Å²) in [5.74, 6) is -0.0562. The van der Waals surface area contributed by atoms with Gasteiger partial charge in [0.25, 0.3) is 5.69 Å². The number of nitrogens with one attached hydrogen (secondary N) is 1. The molecule has 0 aromatic heterocycles. The van der Waals surface area contributed by atoms with E-state index in [1.54, 1.807) is 12.1 Å². The van der Waals surface area contributed by atoms with Gasteiger partial charge in [0.1, 0.15) is 0 Å². The number of nitro groups is 1. The van der Waals surface area contributed by atoms with Gasteiger partial charge in [-0.15, -0.1) is 0 Å². The predicted octanol–water partition coefficient (Wildman–Crippen LogP) is 3.62. The van der Waals surface area contributed by atoms with Gasteiger partial charge in [0.15, 0.2) is 0 Å². The summed E-state index contributed by atoms with van der Waals surface area (Å²) < 4.78 is 0. The largest absolute Gasteiger partial charge is 0.326 e. The number of hydrogen-bond acceptors (Lipinski definition) is 4.